The maximum absolute atomic E-state index is 12.8. The molecule has 3 atom stereocenters. The van der Waals surface area contributed by atoms with Crippen molar-refractivity contribution in [2.75, 3.05) is 6.61 Å². The number of hydrogen-bond acceptors (Lipinski definition) is 9. The minimum atomic E-state index is -1.65. The van der Waals surface area contributed by atoms with Crippen LogP contribution in [-0.2, 0) is 16.0 Å². The zero-order valence-electron chi connectivity index (χ0n) is 35.3. The topological polar surface area (TPSA) is 181 Å². The molecule has 0 saturated heterocycles. The highest BCUT2D eigenvalue weighted by atomic mass is 16.6. The molecule has 0 bridgehead atoms. The van der Waals surface area contributed by atoms with Gasteiger partial charge in [0.15, 0.2) is 5.78 Å². The second kappa shape index (κ2) is 24.4. The molecule has 61 heavy (non-hydrogen) atoms. The molecule has 0 aliphatic carbocycles. The SMILES string of the molecule is O=C(CCCCCCCCCCCC=CC(O)C(CO)C(=O)CCCCCCCCCc1ccc2ccc3cccc4ccc1c2c34)C(O)c1cc([N+](=O)[O-])cc([N+](=O)[O-])c1. The summed E-state index contributed by atoms with van der Waals surface area (Å²) in [4.78, 5) is 45.8. The number of aliphatic hydroxyl groups excluding tert-OH is 3. The highest BCUT2D eigenvalue weighted by molar-refractivity contribution is 6.23. The number of ketones is 2. The second-order valence-corrected chi connectivity index (χ2v) is 16.6. The average molecular weight is 835 g/mol. The Morgan fingerprint density at radius 1 is 0.590 bits per heavy atom. The zero-order chi connectivity index (χ0) is 43.6. The molecular formula is C50H62N2O9. The van der Waals surface area contributed by atoms with Crippen LogP contribution in [0.5, 0.6) is 0 Å². The van der Waals surface area contributed by atoms with Crippen LogP contribution in [0, 0.1) is 26.1 Å². The Bertz CT molecular complexity index is 2190. The molecule has 0 aliphatic rings. The van der Waals surface area contributed by atoms with Crippen molar-refractivity contribution in [3.63, 3.8) is 0 Å². The second-order valence-electron chi connectivity index (χ2n) is 16.6. The number of unbranched alkanes of at least 4 members (excludes halogenated alkanes) is 15. The van der Waals surface area contributed by atoms with Crippen molar-refractivity contribution in [1.29, 1.82) is 0 Å². The molecule has 0 heterocycles. The Balaban J connectivity index is 0.844. The molecule has 5 aromatic rings. The van der Waals surface area contributed by atoms with Crippen molar-refractivity contribution in [2.45, 2.75) is 141 Å². The fourth-order valence-corrected chi connectivity index (χ4v) is 8.58. The fourth-order valence-electron chi connectivity index (χ4n) is 8.58. The molecular weight excluding hydrogens is 773 g/mol. The van der Waals surface area contributed by atoms with Gasteiger partial charge < -0.3 is 15.3 Å². The van der Waals surface area contributed by atoms with Gasteiger partial charge in [0.25, 0.3) is 11.4 Å². The van der Waals surface area contributed by atoms with Gasteiger partial charge in [0, 0.05) is 30.5 Å². The maximum atomic E-state index is 12.8. The van der Waals surface area contributed by atoms with Crippen LogP contribution < -0.4 is 0 Å². The van der Waals surface area contributed by atoms with Gasteiger partial charge in [0.05, 0.1) is 34.5 Å². The van der Waals surface area contributed by atoms with E-state index in [2.05, 4.69) is 54.6 Å². The summed E-state index contributed by atoms with van der Waals surface area (Å²) in [6.07, 6.45) is 19.3. The first-order valence-corrected chi connectivity index (χ1v) is 22.4. The van der Waals surface area contributed by atoms with E-state index < -0.39 is 45.1 Å². The van der Waals surface area contributed by atoms with Crippen molar-refractivity contribution >= 4 is 55.3 Å². The summed E-state index contributed by atoms with van der Waals surface area (Å²) in [5.74, 6) is -1.38. The van der Waals surface area contributed by atoms with Crippen LogP contribution in [-0.4, -0.2) is 49.4 Å². The smallest absolute Gasteiger partial charge is 0.276 e. The molecule has 3 N–H and O–H groups in total. The quantitative estimate of drug-likeness (QED) is 0.0133. The summed E-state index contributed by atoms with van der Waals surface area (Å²) in [5, 5.41) is 61.0. The molecule has 3 unspecified atom stereocenters. The van der Waals surface area contributed by atoms with Gasteiger partial charge in [-0.3, -0.25) is 29.8 Å². The number of Topliss-reactive ketones (excluding diaryl/α,β-unsaturated/α-hetero) is 2. The van der Waals surface area contributed by atoms with Gasteiger partial charge in [-0.1, -0.05) is 144 Å². The minimum absolute atomic E-state index is 0.0779. The van der Waals surface area contributed by atoms with Crippen LogP contribution in [0.4, 0.5) is 11.4 Å². The van der Waals surface area contributed by atoms with Gasteiger partial charge in [-0.25, -0.2) is 0 Å². The van der Waals surface area contributed by atoms with Crippen LogP contribution in [0.1, 0.15) is 139 Å². The monoisotopic (exact) mass is 834 g/mol. The lowest BCUT2D eigenvalue weighted by Crippen LogP contribution is -2.30. The van der Waals surface area contributed by atoms with E-state index in [-0.39, 0.29) is 24.4 Å². The van der Waals surface area contributed by atoms with Crippen molar-refractivity contribution in [1.82, 2.24) is 0 Å². The van der Waals surface area contributed by atoms with Crippen molar-refractivity contribution in [3.05, 3.63) is 116 Å². The number of allylic oxidation sites excluding steroid dienone is 1. The number of nitro groups is 2. The van der Waals surface area contributed by atoms with Gasteiger partial charge in [-0.15, -0.1) is 0 Å². The van der Waals surface area contributed by atoms with Crippen LogP contribution in [0.25, 0.3) is 32.3 Å². The van der Waals surface area contributed by atoms with E-state index in [4.69, 9.17) is 0 Å². The number of rotatable bonds is 30. The Hall–Kier alpha value is -5.10. The first kappa shape index (κ1) is 47.0. The lowest BCUT2D eigenvalue weighted by molar-refractivity contribution is -0.394. The summed E-state index contributed by atoms with van der Waals surface area (Å²) in [5.41, 5.74) is 0.178. The van der Waals surface area contributed by atoms with E-state index in [9.17, 15) is 45.1 Å². The minimum Gasteiger partial charge on any atom is -0.396 e. The summed E-state index contributed by atoms with van der Waals surface area (Å²) >= 11 is 0. The Labute approximate surface area is 358 Å². The summed E-state index contributed by atoms with van der Waals surface area (Å²) in [6.45, 7) is -0.359. The van der Waals surface area contributed by atoms with Crippen LogP contribution >= 0.6 is 0 Å². The lowest BCUT2D eigenvalue weighted by atomic mass is 9.90. The van der Waals surface area contributed by atoms with Crippen molar-refractivity contribution < 1.29 is 34.8 Å². The van der Waals surface area contributed by atoms with E-state index in [0.29, 0.717) is 12.8 Å². The highest BCUT2D eigenvalue weighted by Crippen LogP contribution is 2.36. The molecule has 11 nitrogen and oxygen atoms in total. The highest BCUT2D eigenvalue weighted by Gasteiger charge is 2.25. The van der Waals surface area contributed by atoms with E-state index in [0.717, 1.165) is 115 Å². The van der Waals surface area contributed by atoms with Crippen LogP contribution in [0.15, 0.2) is 84.9 Å². The lowest BCUT2D eigenvalue weighted by Gasteiger charge is -2.17. The van der Waals surface area contributed by atoms with Gasteiger partial charge in [0.2, 0.25) is 0 Å². The fraction of sp³-hybridized carbons (Fsp3) is 0.480. The van der Waals surface area contributed by atoms with Crippen LogP contribution in [0.2, 0.25) is 0 Å². The average Bonchev–Trinajstić information content (AvgIpc) is 3.26. The maximum Gasteiger partial charge on any atom is 0.276 e. The third-order valence-electron chi connectivity index (χ3n) is 12.1. The van der Waals surface area contributed by atoms with Gasteiger partial charge >= 0.3 is 0 Å². The van der Waals surface area contributed by atoms with Crippen molar-refractivity contribution in [3.8, 4) is 0 Å². The molecule has 0 fully saturated rings. The van der Waals surface area contributed by atoms with E-state index in [1.807, 2.05) is 6.08 Å². The summed E-state index contributed by atoms with van der Waals surface area (Å²) in [7, 11) is 0. The number of carbonyl (C=O) groups excluding carboxylic acids is 2. The first-order valence-electron chi connectivity index (χ1n) is 22.4. The van der Waals surface area contributed by atoms with Gasteiger partial charge in [-0.05, 0) is 76.4 Å². The Kier molecular flexibility index (Phi) is 18.8. The molecule has 0 spiro atoms. The predicted molar refractivity (Wildman–Crippen MR) is 242 cm³/mol. The van der Waals surface area contributed by atoms with Crippen molar-refractivity contribution in [2.24, 2.45) is 5.92 Å². The standard InChI is InChI=1S/C50H62N2O9/c53-35-44(46(55)24-17-13-10-6-7-11-15-20-36-26-27-39-29-28-37-21-19-22-38-30-31-43(36)49(39)48(37)38)45(54)23-16-12-8-4-2-1-3-5-9-14-18-25-47(56)50(57)40-32-41(51(58)59)34-42(33-40)52(60)61/h16,19,21-23,26-34,44-45,50,53-54,57H,1-15,17-18,20,24-25,35H2. The molecule has 0 radical (unpaired) electrons. The Morgan fingerprint density at radius 3 is 1.66 bits per heavy atom. The van der Waals surface area contributed by atoms with E-state index >= 15 is 0 Å². The number of nitro benzene ring substituents is 2. The largest absolute Gasteiger partial charge is 0.396 e. The van der Waals surface area contributed by atoms with Gasteiger partial charge in [0.1, 0.15) is 11.9 Å². The molecule has 11 heteroatoms. The summed E-state index contributed by atoms with van der Waals surface area (Å²) < 4.78 is 0. The normalized spacial score (nSPS) is 13.4. The number of carbonyl (C=O) groups is 2. The van der Waals surface area contributed by atoms with E-state index in [1.165, 1.54) is 50.7 Å². The number of aliphatic hydroxyl groups is 3. The number of benzene rings is 5. The Morgan fingerprint density at radius 2 is 1.08 bits per heavy atom. The predicted octanol–water partition coefficient (Wildman–Crippen LogP) is 11.8. The van der Waals surface area contributed by atoms with Gasteiger partial charge in [-0.2, -0.15) is 0 Å². The first-order chi connectivity index (χ1) is 29.6. The summed E-state index contributed by atoms with van der Waals surface area (Å²) in [6, 6.07) is 22.9. The number of aryl methyl sites for hydroxylation is 1. The molecule has 5 aromatic carbocycles. The molecule has 0 saturated carbocycles. The number of nitrogens with zero attached hydrogens (tertiary/aromatic N) is 2. The molecule has 0 aliphatic heterocycles. The molecule has 5 rings (SSSR count). The third kappa shape index (κ3) is 13.7. The number of non-ortho nitro benzene ring substituents is 2. The van der Waals surface area contributed by atoms with Crippen LogP contribution in [0.3, 0.4) is 0 Å². The third-order valence-corrected chi connectivity index (χ3v) is 12.1. The zero-order valence-corrected chi connectivity index (χ0v) is 35.3. The molecule has 326 valence electrons. The molecule has 0 aromatic heterocycles. The molecule has 0 amide bonds. The van der Waals surface area contributed by atoms with E-state index in [1.54, 1.807) is 6.08 Å². The number of hydrogen-bond donors (Lipinski definition) is 3.